The van der Waals surface area contributed by atoms with Gasteiger partial charge in [0.15, 0.2) is 0 Å². The average molecular weight is 223 g/mol. The van der Waals surface area contributed by atoms with Crippen LogP contribution in [0.4, 0.5) is 0 Å². The maximum Gasteiger partial charge on any atom is 0.328 e. The van der Waals surface area contributed by atoms with Gasteiger partial charge in [-0.3, -0.25) is 9.48 Å². The van der Waals surface area contributed by atoms with Crippen LogP contribution in [-0.2, 0) is 22.7 Å². The Labute approximate surface area is 92.6 Å². The molecule has 0 aliphatic rings. The molecule has 0 bridgehead atoms. The van der Waals surface area contributed by atoms with E-state index in [-0.39, 0.29) is 0 Å². The molecular formula is C10H13N3O3. The fraction of sp³-hybridized carbons (Fsp3) is 0.300. The van der Waals surface area contributed by atoms with Gasteiger partial charge in [0, 0.05) is 37.0 Å². The number of nitrogens with zero attached hydrogens (tertiary/aromatic N) is 2. The number of rotatable bonds is 5. The van der Waals surface area contributed by atoms with Crippen molar-refractivity contribution in [2.45, 2.75) is 20.0 Å². The van der Waals surface area contributed by atoms with Crippen molar-refractivity contribution in [3.05, 3.63) is 30.1 Å². The van der Waals surface area contributed by atoms with Crippen LogP contribution in [0.3, 0.4) is 0 Å². The quantitative estimate of drug-likeness (QED) is 0.696. The summed E-state index contributed by atoms with van der Waals surface area (Å²) in [4.78, 5) is 21.2. The van der Waals surface area contributed by atoms with Gasteiger partial charge in [-0.25, -0.2) is 4.79 Å². The standard InChI is InChI=1S/C10H13N3O3/c1-2-13-7-8(6-12-13)5-11-9(14)3-4-10(15)16/h3-4,6-7H,2,5H2,1H3,(H,11,14)(H,15,16). The minimum atomic E-state index is -1.14. The summed E-state index contributed by atoms with van der Waals surface area (Å²) in [6.45, 7) is 3.07. The van der Waals surface area contributed by atoms with E-state index in [1.54, 1.807) is 10.9 Å². The third-order valence-electron chi connectivity index (χ3n) is 1.85. The zero-order chi connectivity index (χ0) is 12.0. The van der Waals surface area contributed by atoms with E-state index in [0.717, 1.165) is 24.3 Å². The van der Waals surface area contributed by atoms with Gasteiger partial charge in [-0.15, -0.1) is 0 Å². The van der Waals surface area contributed by atoms with Crippen LogP contribution in [0, 0.1) is 0 Å². The summed E-state index contributed by atoms with van der Waals surface area (Å²) >= 11 is 0. The first kappa shape index (κ1) is 12.0. The zero-order valence-corrected chi connectivity index (χ0v) is 8.88. The summed E-state index contributed by atoms with van der Waals surface area (Å²) in [5, 5.41) is 14.9. The lowest BCUT2D eigenvalue weighted by Gasteiger charge is -1.98. The number of aromatic nitrogens is 2. The Balaban J connectivity index is 2.39. The Hall–Kier alpha value is -2.11. The molecule has 86 valence electrons. The van der Waals surface area contributed by atoms with Crippen LogP contribution >= 0.6 is 0 Å². The normalized spacial score (nSPS) is 10.6. The van der Waals surface area contributed by atoms with Crippen molar-refractivity contribution in [1.29, 1.82) is 0 Å². The Kier molecular flexibility index (Phi) is 4.26. The van der Waals surface area contributed by atoms with Gasteiger partial charge in [-0.2, -0.15) is 5.10 Å². The van der Waals surface area contributed by atoms with Crippen molar-refractivity contribution in [2.75, 3.05) is 0 Å². The van der Waals surface area contributed by atoms with Gasteiger partial charge in [-0.05, 0) is 6.92 Å². The molecule has 0 aliphatic carbocycles. The molecule has 0 aromatic carbocycles. The van der Waals surface area contributed by atoms with Crippen LogP contribution < -0.4 is 5.32 Å². The average Bonchev–Trinajstić information content (AvgIpc) is 2.71. The predicted octanol–water partition coefficient (Wildman–Crippen LogP) is 0.160. The van der Waals surface area contributed by atoms with E-state index in [1.165, 1.54) is 0 Å². The second-order valence-corrected chi connectivity index (χ2v) is 3.09. The number of hydrogen-bond acceptors (Lipinski definition) is 3. The molecule has 0 radical (unpaired) electrons. The van der Waals surface area contributed by atoms with E-state index >= 15 is 0 Å². The van der Waals surface area contributed by atoms with Crippen LogP contribution in [0.25, 0.3) is 0 Å². The molecule has 1 rings (SSSR count). The summed E-state index contributed by atoms with van der Waals surface area (Å²) in [5.41, 5.74) is 0.874. The molecule has 6 nitrogen and oxygen atoms in total. The minimum Gasteiger partial charge on any atom is -0.478 e. The molecule has 6 heteroatoms. The Bertz CT molecular complexity index is 409. The molecule has 2 N–H and O–H groups in total. The topological polar surface area (TPSA) is 84.2 Å². The summed E-state index contributed by atoms with van der Waals surface area (Å²) in [6, 6.07) is 0. The highest BCUT2D eigenvalue weighted by Gasteiger charge is 2.00. The Morgan fingerprint density at radius 2 is 2.31 bits per heavy atom. The van der Waals surface area contributed by atoms with E-state index < -0.39 is 11.9 Å². The third-order valence-corrected chi connectivity index (χ3v) is 1.85. The summed E-state index contributed by atoms with van der Waals surface area (Å²) < 4.78 is 1.74. The number of carboxylic acids is 1. The van der Waals surface area contributed by atoms with Gasteiger partial charge < -0.3 is 10.4 Å². The SMILES string of the molecule is CCn1cc(CNC(=O)C=CC(=O)O)cn1. The first-order valence-corrected chi connectivity index (χ1v) is 4.82. The largest absolute Gasteiger partial charge is 0.478 e. The van der Waals surface area contributed by atoms with Gasteiger partial charge in [0.25, 0.3) is 0 Å². The van der Waals surface area contributed by atoms with E-state index in [4.69, 9.17) is 5.11 Å². The number of carbonyl (C=O) groups excluding carboxylic acids is 1. The van der Waals surface area contributed by atoms with Gasteiger partial charge in [0.05, 0.1) is 6.20 Å². The highest BCUT2D eigenvalue weighted by atomic mass is 16.4. The van der Waals surface area contributed by atoms with Crippen LogP contribution in [0.15, 0.2) is 24.5 Å². The van der Waals surface area contributed by atoms with Crippen molar-refractivity contribution < 1.29 is 14.7 Å². The molecule has 0 fully saturated rings. The molecule has 0 aliphatic heterocycles. The Morgan fingerprint density at radius 3 is 2.88 bits per heavy atom. The number of carboxylic acid groups (broad SMARTS) is 1. The number of nitrogens with one attached hydrogen (secondary N) is 1. The van der Waals surface area contributed by atoms with E-state index in [0.29, 0.717) is 6.54 Å². The van der Waals surface area contributed by atoms with Gasteiger partial charge in [-0.1, -0.05) is 0 Å². The highest BCUT2D eigenvalue weighted by Crippen LogP contribution is 1.96. The molecular weight excluding hydrogens is 210 g/mol. The second-order valence-electron chi connectivity index (χ2n) is 3.09. The zero-order valence-electron chi connectivity index (χ0n) is 8.88. The van der Waals surface area contributed by atoms with Gasteiger partial charge in [0.1, 0.15) is 0 Å². The van der Waals surface area contributed by atoms with Gasteiger partial charge in [0.2, 0.25) is 5.91 Å². The van der Waals surface area contributed by atoms with Crippen molar-refractivity contribution >= 4 is 11.9 Å². The molecule has 16 heavy (non-hydrogen) atoms. The lowest BCUT2D eigenvalue weighted by molar-refractivity contribution is -0.131. The maximum absolute atomic E-state index is 11.1. The number of aryl methyl sites for hydroxylation is 1. The van der Waals surface area contributed by atoms with Crippen LogP contribution in [0.1, 0.15) is 12.5 Å². The van der Waals surface area contributed by atoms with Crippen molar-refractivity contribution in [2.24, 2.45) is 0 Å². The molecule has 0 saturated carbocycles. The molecule has 1 amide bonds. The maximum atomic E-state index is 11.1. The van der Waals surface area contributed by atoms with Gasteiger partial charge >= 0.3 is 5.97 Å². The first-order chi connectivity index (χ1) is 7.61. The molecule has 0 saturated heterocycles. The fourth-order valence-corrected chi connectivity index (χ4v) is 1.07. The van der Waals surface area contributed by atoms with E-state index in [9.17, 15) is 9.59 Å². The van der Waals surface area contributed by atoms with Crippen LogP contribution in [0.5, 0.6) is 0 Å². The predicted molar refractivity (Wildman–Crippen MR) is 56.5 cm³/mol. The first-order valence-electron chi connectivity index (χ1n) is 4.82. The number of hydrogen-bond donors (Lipinski definition) is 2. The highest BCUT2D eigenvalue weighted by molar-refractivity contribution is 5.93. The lowest BCUT2D eigenvalue weighted by atomic mass is 10.3. The molecule has 0 spiro atoms. The van der Waals surface area contributed by atoms with Crippen molar-refractivity contribution in [3.63, 3.8) is 0 Å². The summed E-state index contributed by atoms with van der Waals surface area (Å²) in [7, 11) is 0. The molecule has 1 heterocycles. The number of aliphatic carboxylic acids is 1. The molecule has 1 aromatic rings. The number of amides is 1. The van der Waals surface area contributed by atoms with E-state index in [1.807, 2.05) is 13.1 Å². The summed E-state index contributed by atoms with van der Waals surface area (Å²) in [6.07, 6.45) is 5.25. The summed E-state index contributed by atoms with van der Waals surface area (Å²) in [5.74, 6) is -1.58. The lowest BCUT2D eigenvalue weighted by Crippen LogP contribution is -2.20. The minimum absolute atomic E-state index is 0.336. The molecule has 0 atom stereocenters. The second kappa shape index (κ2) is 5.69. The third kappa shape index (κ3) is 3.95. The van der Waals surface area contributed by atoms with Crippen LogP contribution in [0.2, 0.25) is 0 Å². The number of carbonyl (C=O) groups is 2. The molecule has 1 aromatic heterocycles. The Morgan fingerprint density at radius 1 is 1.56 bits per heavy atom. The monoisotopic (exact) mass is 223 g/mol. The van der Waals surface area contributed by atoms with E-state index in [2.05, 4.69) is 10.4 Å². The molecule has 0 unspecified atom stereocenters. The fourth-order valence-electron chi connectivity index (χ4n) is 1.07. The smallest absolute Gasteiger partial charge is 0.328 e. The van der Waals surface area contributed by atoms with Crippen molar-refractivity contribution in [1.82, 2.24) is 15.1 Å². The van der Waals surface area contributed by atoms with Crippen LogP contribution in [-0.4, -0.2) is 26.8 Å². The van der Waals surface area contributed by atoms with Crippen molar-refractivity contribution in [3.8, 4) is 0 Å².